The molecule has 0 aromatic heterocycles. The molecule has 5 nitrogen and oxygen atoms in total. The first-order chi connectivity index (χ1) is 15.4. The molecule has 0 unspecified atom stereocenters. The van der Waals surface area contributed by atoms with Gasteiger partial charge in [-0.3, -0.25) is 9.59 Å². The number of rotatable bonds is 11. The summed E-state index contributed by atoms with van der Waals surface area (Å²) >= 11 is 0. The summed E-state index contributed by atoms with van der Waals surface area (Å²) in [5.41, 5.74) is 1.01. The summed E-state index contributed by atoms with van der Waals surface area (Å²) in [7, 11) is 1.50. The zero-order chi connectivity index (χ0) is 23.0. The Morgan fingerprint density at radius 1 is 1.22 bits per heavy atom. The van der Waals surface area contributed by atoms with E-state index < -0.39 is 5.54 Å². The molecule has 2 aromatic rings. The van der Waals surface area contributed by atoms with Crippen molar-refractivity contribution < 1.29 is 18.7 Å². The van der Waals surface area contributed by atoms with Gasteiger partial charge in [0.1, 0.15) is 11.6 Å². The van der Waals surface area contributed by atoms with Gasteiger partial charge in [0.25, 0.3) is 0 Å². The highest BCUT2D eigenvalue weighted by molar-refractivity contribution is 5.80. The third-order valence-corrected chi connectivity index (χ3v) is 6.19. The van der Waals surface area contributed by atoms with Crippen LogP contribution < -0.4 is 10.1 Å². The fraction of sp³-hybridized carbons (Fsp3) is 0.462. The standard InChI is InChI=1S/C26H33FN2O3/c1-3-4-16-29(19-20-8-6-5-7-9-20)25(31)13-15-26(14-12-24(30)28-26)18-21-10-11-22(32-2)17-23(21)27/h5-11,17H,3-4,12-16,18-19H2,1-2H3,(H,28,30)/t26-/m0/s1. The first kappa shape index (κ1) is 23.8. The average molecular weight is 441 g/mol. The zero-order valence-corrected chi connectivity index (χ0v) is 19.0. The fourth-order valence-corrected chi connectivity index (χ4v) is 4.29. The summed E-state index contributed by atoms with van der Waals surface area (Å²) in [4.78, 5) is 27.1. The number of nitrogens with zero attached hydrogens (tertiary/aromatic N) is 1. The van der Waals surface area contributed by atoms with Gasteiger partial charge in [0.15, 0.2) is 0 Å². The number of hydrogen-bond acceptors (Lipinski definition) is 3. The van der Waals surface area contributed by atoms with Crippen LogP contribution >= 0.6 is 0 Å². The molecule has 1 fully saturated rings. The molecule has 3 rings (SSSR count). The second kappa shape index (κ2) is 11.1. The highest BCUT2D eigenvalue weighted by Gasteiger charge is 2.38. The van der Waals surface area contributed by atoms with E-state index in [0.717, 1.165) is 18.4 Å². The largest absolute Gasteiger partial charge is 0.497 e. The van der Waals surface area contributed by atoms with Gasteiger partial charge >= 0.3 is 0 Å². The third kappa shape index (κ3) is 6.31. The van der Waals surface area contributed by atoms with Gasteiger partial charge < -0.3 is 15.0 Å². The van der Waals surface area contributed by atoms with E-state index >= 15 is 0 Å². The van der Waals surface area contributed by atoms with E-state index in [1.807, 2.05) is 35.2 Å². The second-order valence-electron chi connectivity index (χ2n) is 8.62. The Morgan fingerprint density at radius 2 is 2.00 bits per heavy atom. The molecule has 0 radical (unpaired) electrons. The fourth-order valence-electron chi connectivity index (χ4n) is 4.29. The number of hydrogen-bond donors (Lipinski definition) is 1. The molecule has 1 saturated heterocycles. The molecular weight excluding hydrogens is 407 g/mol. The third-order valence-electron chi connectivity index (χ3n) is 6.19. The van der Waals surface area contributed by atoms with Crippen LogP contribution in [0.25, 0.3) is 0 Å². The number of amides is 2. The van der Waals surface area contributed by atoms with Gasteiger partial charge in [0, 0.05) is 37.5 Å². The molecule has 2 amide bonds. The van der Waals surface area contributed by atoms with Crippen molar-refractivity contribution in [3.05, 3.63) is 65.5 Å². The molecule has 1 N–H and O–H groups in total. The molecule has 0 aliphatic carbocycles. The molecule has 0 bridgehead atoms. The van der Waals surface area contributed by atoms with E-state index in [4.69, 9.17) is 4.74 Å². The number of ether oxygens (including phenoxy) is 1. The van der Waals surface area contributed by atoms with Crippen molar-refractivity contribution in [3.8, 4) is 5.75 Å². The van der Waals surface area contributed by atoms with Gasteiger partial charge in [-0.2, -0.15) is 0 Å². The molecule has 1 aliphatic rings. The van der Waals surface area contributed by atoms with Crippen molar-refractivity contribution in [1.82, 2.24) is 10.2 Å². The highest BCUT2D eigenvalue weighted by Crippen LogP contribution is 2.31. The normalized spacial score (nSPS) is 17.8. The van der Waals surface area contributed by atoms with Crippen LogP contribution in [0.4, 0.5) is 4.39 Å². The van der Waals surface area contributed by atoms with Crippen LogP contribution in [0.5, 0.6) is 5.75 Å². The Hall–Kier alpha value is -2.89. The minimum atomic E-state index is -0.606. The number of halogens is 1. The molecule has 2 aromatic carbocycles. The van der Waals surface area contributed by atoms with Gasteiger partial charge in [0.2, 0.25) is 11.8 Å². The number of carbonyl (C=O) groups is 2. The van der Waals surface area contributed by atoms with Crippen LogP contribution in [-0.4, -0.2) is 35.9 Å². The first-order valence-electron chi connectivity index (χ1n) is 11.4. The summed E-state index contributed by atoms with van der Waals surface area (Å²) in [5, 5.41) is 3.05. The lowest BCUT2D eigenvalue weighted by atomic mass is 9.84. The van der Waals surface area contributed by atoms with Gasteiger partial charge in [0.05, 0.1) is 7.11 Å². The van der Waals surface area contributed by atoms with Crippen molar-refractivity contribution in [2.24, 2.45) is 0 Å². The lowest BCUT2D eigenvalue weighted by Gasteiger charge is -2.31. The Labute approximate surface area is 190 Å². The Kier molecular flexibility index (Phi) is 8.26. The number of carbonyl (C=O) groups excluding carboxylic acids is 2. The first-order valence-corrected chi connectivity index (χ1v) is 11.4. The molecule has 172 valence electrons. The Bertz CT molecular complexity index is 919. The van der Waals surface area contributed by atoms with Gasteiger partial charge in [-0.05, 0) is 42.9 Å². The summed E-state index contributed by atoms with van der Waals surface area (Å²) in [6.45, 7) is 3.39. The van der Waals surface area contributed by atoms with Crippen molar-refractivity contribution in [2.75, 3.05) is 13.7 Å². The van der Waals surface area contributed by atoms with Crippen LogP contribution in [-0.2, 0) is 22.6 Å². The molecule has 0 spiro atoms. The summed E-state index contributed by atoms with van der Waals surface area (Å²) in [6, 6.07) is 14.7. The van der Waals surface area contributed by atoms with Gasteiger partial charge in [-0.25, -0.2) is 4.39 Å². The zero-order valence-electron chi connectivity index (χ0n) is 19.0. The molecular formula is C26H33FN2O3. The van der Waals surface area contributed by atoms with E-state index in [-0.39, 0.29) is 17.6 Å². The van der Waals surface area contributed by atoms with Gasteiger partial charge in [-0.1, -0.05) is 49.7 Å². The van der Waals surface area contributed by atoms with Crippen LogP contribution in [0.1, 0.15) is 56.6 Å². The summed E-state index contributed by atoms with van der Waals surface area (Å²) < 4.78 is 19.7. The molecule has 1 heterocycles. The maximum atomic E-state index is 14.6. The lowest BCUT2D eigenvalue weighted by molar-refractivity contribution is -0.132. The predicted molar refractivity (Wildman–Crippen MR) is 123 cm³/mol. The number of nitrogens with one attached hydrogen (secondary N) is 1. The topological polar surface area (TPSA) is 58.6 Å². The molecule has 0 saturated carbocycles. The quantitative estimate of drug-likeness (QED) is 0.554. The lowest BCUT2D eigenvalue weighted by Crippen LogP contribution is -2.45. The van der Waals surface area contributed by atoms with Crippen molar-refractivity contribution in [1.29, 1.82) is 0 Å². The maximum Gasteiger partial charge on any atom is 0.222 e. The minimum absolute atomic E-state index is 0.0431. The molecule has 1 aliphatic heterocycles. The maximum absolute atomic E-state index is 14.6. The summed E-state index contributed by atoms with van der Waals surface area (Å²) in [5.74, 6) is 0.125. The highest BCUT2D eigenvalue weighted by atomic mass is 19.1. The SMILES string of the molecule is CCCCN(Cc1ccccc1)C(=O)CC[C@]1(Cc2ccc(OC)cc2F)CCC(=O)N1. The van der Waals surface area contributed by atoms with Crippen molar-refractivity contribution in [2.45, 2.75) is 64.0 Å². The van der Waals surface area contributed by atoms with E-state index in [2.05, 4.69) is 12.2 Å². The van der Waals surface area contributed by atoms with E-state index in [0.29, 0.717) is 56.5 Å². The summed E-state index contributed by atoms with van der Waals surface area (Å²) in [6.07, 6.45) is 4.10. The Balaban J connectivity index is 1.70. The number of unbranched alkanes of at least 4 members (excludes halogenated alkanes) is 1. The predicted octanol–water partition coefficient (Wildman–Crippen LogP) is 4.63. The van der Waals surface area contributed by atoms with Crippen LogP contribution in [0, 0.1) is 5.82 Å². The van der Waals surface area contributed by atoms with Crippen LogP contribution in [0.3, 0.4) is 0 Å². The Morgan fingerprint density at radius 3 is 2.62 bits per heavy atom. The van der Waals surface area contributed by atoms with Crippen LogP contribution in [0.15, 0.2) is 48.5 Å². The van der Waals surface area contributed by atoms with E-state index in [9.17, 15) is 14.0 Å². The van der Waals surface area contributed by atoms with Gasteiger partial charge in [-0.15, -0.1) is 0 Å². The van der Waals surface area contributed by atoms with Crippen molar-refractivity contribution >= 4 is 11.8 Å². The van der Waals surface area contributed by atoms with Crippen molar-refractivity contribution in [3.63, 3.8) is 0 Å². The van der Waals surface area contributed by atoms with E-state index in [1.165, 1.54) is 13.2 Å². The van der Waals surface area contributed by atoms with Crippen LogP contribution in [0.2, 0.25) is 0 Å². The minimum Gasteiger partial charge on any atom is -0.497 e. The number of benzene rings is 2. The molecule has 6 heteroatoms. The number of methoxy groups -OCH3 is 1. The monoisotopic (exact) mass is 440 g/mol. The smallest absolute Gasteiger partial charge is 0.222 e. The second-order valence-corrected chi connectivity index (χ2v) is 8.62. The average Bonchev–Trinajstić information content (AvgIpc) is 3.17. The molecule has 32 heavy (non-hydrogen) atoms. The molecule has 1 atom stereocenters. The van der Waals surface area contributed by atoms with E-state index in [1.54, 1.807) is 12.1 Å².